The number of anilines is 1. The Morgan fingerprint density at radius 1 is 0.632 bits per heavy atom. The first-order valence-corrected chi connectivity index (χ1v) is 48.0. The number of hydrogen-bond donors (Lipinski definition) is 13. The van der Waals surface area contributed by atoms with Crippen LogP contribution in [0.2, 0.25) is 0 Å². The van der Waals surface area contributed by atoms with E-state index >= 15 is 0 Å². The van der Waals surface area contributed by atoms with E-state index < -0.39 is 195 Å². The van der Waals surface area contributed by atoms with Crippen molar-refractivity contribution in [1.82, 2.24) is 47.4 Å². The third kappa shape index (κ3) is 29.3. The van der Waals surface area contributed by atoms with Crippen molar-refractivity contribution in [1.29, 1.82) is 0 Å². The lowest BCUT2D eigenvalue weighted by atomic mass is 9.81. The number of imide groups is 1. The SMILES string of the molecule is C=C1C[C@@H]2CC[C@@]34C[C@H]5O[C@H]6[C@@H](O3)[C@H]3O[C@H](CC[C@@H]3O[C@H]6[C@H]5O4)CC(=O)C[C@@H]3[C@@H](OC)[C@@H](C[C@H](O)CCNC(=O)OCc4ccc(NC(=O)[C@H](CCCNC(N)=O)NC(=O)[C@@H](NC(=O)[C@H](CC(=O)N[C@H]5CCOC5=O)NC(=O)CCOCCOCCOCCOCCNC(=O)[C@H](CNC(=O)CCP(=O)(O)O)N5C(=O)C=CC5=O)C(C)C)cc4)O[C@H]3C[C@H]3O[C@@H](CC[C@@H]1O2)C[C@@H](C)C3=C. The second-order valence-electron chi connectivity index (χ2n) is 36.1. The van der Waals surface area contributed by atoms with E-state index in [1.165, 1.54) is 0 Å². The molecule has 12 bridgehead atoms. The lowest BCUT2D eigenvalue weighted by molar-refractivity contribution is -0.292. The van der Waals surface area contributed by atoms with Gasteiger partial charge in [-0.3, -0.25) is 57.4 Å². The predicted molar refractivity (Wildman–Crippen MR) is 465 cm³/mol. The molecule has 133 heavy (non-hydrogen) atoms. The van der Waals surface area contributed by atoms with E-state index in [9.17, 15) is 72.0 Å². The number of hydrogen-bond acceptors (Lipinski definition) is 30. The quantitative estimate of drug-likeness (QED) is 0.0140. The van der Waals surface area contributed by atoms with Gasteiger partial charge in [-0.15, -0.1) is 0 Å². The highest BCUT2D eigenvalue weighted by Gasteiger charge is 2.69. The van der Waals surface area contributed by atoms with Crippen LogP contribution in [0.5, 0.6) is 0 Å². The first-order valence-electron chi connectivity index (χ1n) is 46.2. The van der Waals surface area contributed by atoms with Crippen molar-refractivity contribution in [3.05, 3.63) is 66.3 Å². The number of carbonyl (C=O) groups is 13. The Bertz CT molecular complexity index is 4330. The molecule has 12 heterocycles. The van der Waals surface area contributed by atoms with Crippen LogP contribution in [0.25, 0.3) is 0 Å². The summed E-state index contributed by atoms with van der Waals surface area (Å²) in [6, 6.07) is -1.30. The first kappa shape index (κ1) is 103. The number of nitrogens with one attached hydrogen (secondary N) is 9. The van der Waals surface area contributed by atoms with Gasteiger partial charge in [-0.05, 0) is 105 Å². The minimum absolute atomic E-state index is 0.00862. The van der Waals surface area contributed by atoms with E-state index in [1.54, 1.807) is 45.2 Å². The van der Waals surface area contributed by atoms with Crippen LogP contribution in [0.1, 0.15) is 155 Å². The minimum Gasteiger partial charge on any atom is -0.464 e. The fourth-order valence-corrected chi connectivity index (χ4v) is 19.5. The number of alkyl carbamates (subject to hydrolysis) is 1. The molecule has 0 saturated carbocycles. The number of rotatable bonds is 45. The maximum absolute atomic E-state index is 14.6. The first-order chi connectivity index (χ1) is 63.6. The standard InChI is InChI=1S/C89H130N11O32P/c1-48(2)75(99-83(109)62(43-72(105)96-61-21-29-123-86(61)112)97-71(104)22-28-119-31-33-121-35-36-122-34-32-120-30-27-91-84(110)63(100-73(106)17-18-74(100)107)46-94-70(103)23-37-133(115,116)117)85(111)98-60(8-7-25-92-87(90)113)82(108)95-53-11-9-52(10-12-53)47-124-88(114)93-26-20-54(101)42-68-76(118-6)59-41-55(102)40-57-14-16-65-77(127-57)81-80-79(129-65)78-69(130-80)45-89(131-78,132-81)24-19-58-39-50(4)64(125-58)15-13-56-38-49(3)51(5)66(126-56)44-67(59)128-68/h9-12,17-18,48-49,54,56-69,75-81,101H,4-5,7-8,13-16,19-47H2,1-3,6H3,(H,91,110)(H,93,114)(H,94,103)(H,95,108)(H,96,105)(H,97,104)(H,98,111)(H,99,109)(H3,90,92,113)(H2,115,116,117)/t49-,54-,56+,57-,58+,59+,60+,61+,62+,63+,64+,65+,66-,67+,68-,69-,75+,76-,77+,78+,79+,80-,81+,89+/m1/s1. The van der Waals surface area contributed by atoms with Gasteiger partial charge in [0.15, 0.2) is 5.79 Å². The summed E-state index contributed by atoms with van der Waals surface area (Å²) in [4.78, 5) is 190. The van der Waals surface area contributed by atoms with Gasteiger partial charge < -0.3 is 140 Å². The van der Waals surface area contributed by atoms with Gasteiger partial charge in [0.1, 0.15) is 73.1 Å². The molecule has 0 aromatic heterocycles. The molecule has 12 amide bonds. The average molecular weight is 1900 g/mol. The van der Waals surface area contributed by atoms with E-state index in [4.69, 9.17) is 86.6 Å². The van der Waals surface area contributed by atoms with E-state index in [0.717, 1.165) is 55.4 Å². The number of benzene rings is 1. The summed E-state index contributed by atoms with van der Waals surface area (Å²) in [5.41, 5.74) is 8.12. The van der Waals surface area contributed by atoms with E-state index in [2.05, 4.69) is 67.9 Å². The van der Waals surface area contributed by atoms with E-state index in [-0.39, 0.29) is 209 Å². The van der Waals surface area contributed by atoms with Crippen LogP contribution in [-0.2, 0) is 135 Å². The zero-order chi connectivity index (χ0) is 95.2. The molecule has 14 N–H and O–H groups in total. The smallest absolute Gasteiger partial charge is 0.407 e. The number of esters is 1. The van der Waals surface area contributed by atoms with Crippen molar-refractivity contribution >= 4 is 90.3 Å². The second-order valence-corrected chi connectivity index (χ2v) is 37.9. The summed E-state index contributed by atoms with van der Waals surface area (Å²) in [5.74, 6) is -9.76. The van der Waals surface area contributed by atoms with Crippen LogP contribution in [0, 0.1) is 17.8 Å². The summed E-state index contributed by atoms with van der Waals surface area (Å²) < 4.78 is 105. The number of ketones is 1. The normalized spacial score (nSPS) is 30.0. The number of aliphatic hydroxyl groups excluding tert-OH is 1. The lowest BCUT2D eigenvalue weighted by Gasteiger charge is -2.47. The number of methoxy groups -OCH3 is 1. The monoisotopic (exact) mass is 1900 g/mol. The van der Waals surface area contributed by atoms with Gasteiger partial charge in [0, 0.05) is 115 Å². The molecule has 12 aliphatic heterocycles. The maximum atomic E-state index is 14.6. The zero-order valence-corrected chi connectivity index (χ0v) is 76.5. The molecule has 1 aromatic carbocycles. The molecule has 1 aromatic rings. The highest BCUT2D eigenvalue weighted by molar-refractivity contribution is 7.51. The number of ether oxygens (including phenoxy) is 15. The van der Waals surface area contributed by atoms with Crippen LogP contribution in [0.3, 0.4) is 0 Å². The van der Waals surface area contributed by atoms with Crippen molar-refractivity contribution in [2.45, 2.75) is 289 Å². The van der Waals surface area contributed by atoms with Crippen LogP contribution >= 0.6 is 7.60 Å². The van der Waals surface area contributed by atoms with Gasteiger partial charge in [0.25, 0.3) is 11.8 Å². The summed E-state index contributed by atoms with van der Waals surface area (Å²) in [6.45, 7) is 14.1. The van der Waals surface area contributed by atoms with Crippen molar-refractivity contribution in [2.75, 3.05) is 104 Å². The molecule has 1 spiro atoms. The Hall–Kier alpha value is -8.86. The number of amides is 12. The third-order valence-corrected chi connectivity index (χ3v) is 26.7. The fraction of sp³-hybridized carbons (Fsp3) is 0.719. The fourth-order valence-electron chi connectivity index (χ4n) is 19.0. The van der Waals surface area contributed by atoms with Crippen molar-refractivity contribution in [3.8, 4) is 0 Å². The molecule has 738 valence electrons. The Morgan fingerprint density at radius 3 is 2.02 bits per heavy atom. The molecule has 13 rings (SSSR count). The van der Waals surface area contributed by atoms with Gasteiger partial charge >= 0.3 is 25.7 Å². The number of aliphatic hydroxyl groups is 1. The highest BCUT2D eigenvalue weighted by Crippen LogP contribution is 2.55. The van der Waals surface area contributed by atoms with Crippen molar-refractivity contribution < 1.29 is 153 Å². The second kappa shape index (κ2) is 48.7. The Labute approximate surface area is 770 Å². The summed E-state index contributed by atoms with van der Waals surface area (Å²) in [6.07, 6.45) is 0.222. The molecule has 0 radical (unpaired) electrons. The number of primary amides is 1. The van der Waals surface area contributed by atoms with Crippen molar-refractivity contribution in [2.24, 2.45) is 23.5 Å². The van der Waals surface area contributed by atoms with Crippen LogP contribution in [-0.4, -0.2) is 329 Å². The Kier molecular flexibility index (Phi) is 37.8. The highest BCUT2D eigenvalue weighted by atomic mass is 31.2. The molecule has 0 unspecified atom stereocenters. The van der Waals surface area contributed by atoms with Gasteiger partial charge in [-0.2, -0.15) is 0 Å². The predicted octanol–water partition coefficient (Wildman–Crippen LogP) is 0.665. The molecular weight excluding hydrogens is 1770 g/mol. The number of fused-ring (bicyclic) bond motifs is 6. The lowest BCUT2D eigenvalue weighted by Crippen LogP contribution is -2.61. The van der Waals surface area contributed by atoms with Crippen molar-refractivity contribution in [3.63, 3.8) is 0 Å². The van der Waals surface area contributed by atoms with E-state index in [0.29, 0.717) is 42.6 Å². The molecule has 24 atom stereocenters. The summed E-state index contributed by atoms with van der Waals surface area (Å²) in [7, 11) is -2.90. The largest absolute Gasteiger partial charge is 0.464 e. The summed E-state index contributed by atoms with van der Waals surface area (Å²) >= 11 is 0. The number of nitrogens with two attached hydrogens (primary N) is 1. The molecule has 11 fully saturated rings. The molecular formula is C89H130N11O32P. The van der Waals surface area contributed by atoms with Crippen LogP contribution in [0.15, 0.2) is 60.7 Å². The van der Waals surface area contributed by atoms with Crippen LogP contribution in [0.4, 0.5) is 15.3 Å². The molecule has 11 saturated heterocycles. The Balaban J connectivity index is 0.570. The summed E-state index contributed by atoms with van der Waals surface area (Å²) in [5, 5.41) is 34.7. The number of Topliss-reactive ketones (excluding diaryl/α,β-unsaturated/α-hetero) is 1. The van der Waals surface area contributed by atoms with Crippen LogP contribution < -0.4 is 53.6 Å². The van der Waals surface area contributed by atoms with Gasteiger partial charge in [0.05, 0.1) is 139 Å². The number of nitrogens with zero attached hydrogens (tertiary/aromatic N) is 1. The molecule has 44 heteroatoms. The maximum Gasteiger partial charge on any atom is 0.407 e. The zero-order valence-electron chi connectivity index (χ0n) is 75.6. The van der Waals surface area contributed by atoms with E-state index in [1.807, 2.05) is 0 Å². The topological polar surface area (TPSA) is 576 Å². The number of carbonyl (C=O) groups excluding carboxylic acids is 13. The van der Waals surface area contributed by atoms with Gasteiger partial charge in [-0.25, -0.2) is 14.4 Å². The molecule has 0 aliphatic carbocycles. The van der Waals surface area contributed by atoms with Gasteiger partial charge in [-0.1, -0.05) is 46.1 Å². The number of cyclic esters (lactones) is 1. The minimum atomic E-state index is -4.48. The van der Waals surface area contributed by atoms with Gasteiger partial charge in [0.2, 0.25) is 41.4 Å². The average Bonchev–Trinajstić information content (AvgIpc) is 1.55. The third-order valence-electron chi connectivity index (χ3n) is 25.9. The molecule has 43 nitrogen and oxygen atoms in total. The Morgan fingerprint density at radius 2 is 1.32 bits per heavy atom. The molecule has 12 aliphatic rings. The number of urea groups is 1.